The van der Waals surface area contributed by atoms with Gasteiger partial charge in [-0.15, -0.1) is 0 Å². The van der Waals surface area contributed by atoms with E-state index < -0.39 is 0 Å². The van der Waals surface area contributed by atoms with E-state index in [9.17, 15) is 4.79 Å². The van der Waals surface area contributed by atoms with Crippen LogP contribution in [0, 0.1) is 0 Å². The van der Waals surface area contributed by atoms with Crippen LogP contribution < -0.4 is 5.32 Å². The van der Waals surface area contributed by atoms with Crippen LogP contribution in [0.1, 0.15) is 16.2 Å². The lowest BCUT2D eigenvalue weighted by molar-refractivity contribution is 0.0949. The quantitative estimate of drug-likeness (QED) is 0.736. The van der Waals surface area contributed by atoms with Crippen LogP contribution in [0.2, 0.25) is 5.02 Å². The molecule has 0 aliphatic rings. The Balaban J connectivity index is 1.80. The Hall–Kier alpha value is -1.82. The molecule has 16 heavy (non-hydrogen) atoms. The number of H-pyrrole nitrogens is 2. The van der Waals surface area contributed by atoms with Crippen LogP contribution in [0.3, 0.4) is 0 Å². The Morgan fingerprint density at radius 3 is 3.06 bits per heavy atom. The number of aromatic amines is 2. The molecule has 0 fully saturated rings. The Morgan fingerprint density at radius 2 is 2.44 bits per heavy atom. The van der Waals surface area contributed by atoms with Crippen molar-refractivity contribution in [3.8, 4) is 0 Å². The van der Waals surface area contributed by atoms with Crippen LogP contribution in [0.4, 0.5) is 0 Å². The molecule has 84 valence electrons. The molecule has 0 saturated carbocycles. The lowest BCUT2D eigenvalue weighted by Gasteiger charge is -2.01. The maximum absolute atomic E-state index is 11.5. The highest BCUT2D eigenvalue weighted by molar-refractivity contribution is 6.30. The Kier molecular flexibility index (Phi) is 3.21. The average molecular weight is 240 g/mol. The largest absolute Gasteiger partial charge is 0.356 e. The maximum atomic E-state index is 11.5. The first kappa shape index (κ1) is 10.7. The van der Waals surface area contributed by atoms with E-state index in [0.29, 0.717) is 23.7 Å². The van der Waals surface area contributed by atoms with E-state index in [1.54, 1.807) is 18.5 Å². The smallest absolute Gasteiger partial charge is 0.267 e. The van der Waals surface area contributed by atoms with Gasteiger partial charge in [0.1, 0.15) is 5.69 Å². The summed E-state index contributed by atoms with van der Waals surface area (Å²) in [6, 6.07) is 1.58. The van der Waals surface area contributed by atoms with E-state index in [-0.39, 0.29) is 5.91 Å². The molecule has 1 amide bonds. The third kappa shape index (κ3) is 2.60. The SMILES string of the molecule is O=C(NCCc1cn[nH]n1)c1cc(Cl)c[nH]1. The van der Waals surface area contributed by atoms with Crippen molar-refractivity contribution >= 4 is 17.5 Å². The fourth-order valence-corrected chi connectivity index (χ4v) is 1.41. The minimum absolute atomic E-state index is 0.185. The summed E-state index contributed by atoms with van der Waals surface area (Å²) in [6.45, 7) is 0.502. The highest BCUT2D eigenvalue weighted by Crippen LogP contribution is 2.08. The molecule has 0 unspecified atom stereocenters. The normalized spacial score (nSPS) is 10.3. The maximum Gasteiger partial charge on any atom is 0.267 e. The predicted octanol–water partition coefficient (Wildman–Crippen LogP) is 0.759. The van der Waals surface area contributed by atoms with E-state index >= 15 is 0 Å². The van der Waals surface area contributed by atoms with E-state index in [0.717, 1.165) is 5.69 Å². The molecule has 0 bridgehead atoms. The molecular formula is C9H10ClN5O. The first-order valence-corrected chi connectivity index (χ1v) is 5.10. The van der Waals surface area contributed by atoms with Crippen molar-refractivity contribution in [2.75, 3.05) is 6.54 Å². The highest BCUT2D eigenvalue weighted by atomic mass is 35.5. The van der Waals surface area contributed by atoms with Crippen LogP contribution in [-0.4, -0.2) is 32.8 Å². The van der Waals surface area contributed by atoms with E-state index in [2.05, 4.69) is 25.7 Å². The monoisotopic (exact) mass is 239 g/mol. The van der Waals surface area contributed by atoms with Gasteiger partial charge >= 0.3 is 0 Å². The van der Waals surface area contributed by atoms with E-state index in [1.165, 1.54) is 0 Å². The van der Waals surface area contributed by atoms with Crippen molar-refractivity contribution in [2.45, 2.75) is 6.42 Å². The summed E-state index contributed by atoms with van der Waals surface area (Å²) in [6.07, 6.45) is 3.82. The molecule has 2 aromatic heterocycles. The van der Waals surface area contributed by atoms with Gasteiger partial charge in [-0.2, -0.15) is 15.4 Å². The predicted molar refractivity (Wildman–Crippen MR) is 58.2 cm³/mol. The summed E-state index contributed by atoms with van der Waals surface area (Å²) < 4.78 is 0. The van der Waals surface area contributed by atoms with Crippen molar-refractivity contribution in [3.05, 3.63) is 34.9 Å². The molecule has 0 radical (unpaired) electrons. The number of carbonyl (C=O) groups excluding carboxylic acids is 1. The number of hydrogen-bond donors (Lipinski definition) is 3. The second-order valence-corrected chi connectivity index (χ2v) is 3.64. The summed E-state index contributed by atoms with van der Waals surface area (Å²) in [5.74, 6) is -0.185. The molecule has 2 rings (SSSR count). The van der Waals surface area contributed by atoms with Crippen LogP contribution in [-0.2, 0) is 6.42 Å². The van der Waals surface area contributed by atoms with Gasteiger partial charge in [0.25, 0.3) is 5.91 Å². The fraction of sp³-hybridized carbons (Fsp3) is 0.222. The summed E-state index contributed by atoms with van der Waals surface area (Å²) in [5, 5.41) is 13.3. The van der Waals surface area contributed by atoms with Gasteiger partial charge in [0.05, 0.1) is 16.9 Å². The van der Waals surface area contributed by atoms with Gasteiger partial charge < -0.3 is 10.3 Å². The van der Waals surface area contributed by atoms with Crippen LogP contribution in [0.15, 0.2) is 18.5 Å². The van der Waals surface area contributed by atoms with Crippen molar-refractivity contribution in [1.82, 2.24) is 25.7 Å². The minimum atomic E-state index is -0.185. The summed E-state index contributed by atoms with van der Waals surface area (Å²) in [7, 11) is 0. The van der Waals surface area contributed by atoms with Crippen molar-refractivity contribution in [3.63, 3.8) is 0 Å². The molecule has 0 spiro atoms. The lowest BCUT2D eigenvalue weighted by Crippen LogP contribution is -2.26. The number of nitrogens with zero attached hydrogens (tertiary/aromatic N) is 2. The molecule has 0 atom stereocenters. The van der Waals surface area contributed by atoms with Gasteiger partial charge in [-0.05, 0) is 6.07 Å². The zero-order valence-corrected chi connectivity index (χ0v) is 9.08. The molecule has 3 N–H and O–H groups in total. The highest BCUT2D eigenvalue weighted by Gasteiger charge is 2.07. The average Bonchev–Trinajstić information content (AvgIpc) is 2.89. The topological polar surface area (TPSA) is 86.5 Å². The summed E-state index contributed by atoms with van der Waals surface area (Å²) in [4.78, 5) is 14.3. The molecule has 2 aromatic rings. The molecule has 0 aliphatic heterocycles. The first-order chi connectivity index (χ1) is 7.75. The second kappa shape index (κ2) is 4.80. The number of hydrogen-bond acceptors (Lipinski definition) is 3. The van der Waals surface area contributed by atoms with Gasteiger partial charge in [0.2, 0.25) is 0 Å². The van der Waals surface area contributed by atoms with Crippen LogP contribution in [0.25, 0.3) is 0 Å². The van der Waals surface area contributed by atoms with Crippen molar-refractivity contribution in [2.24, 2.45) is 0 Å². The van der Waals surface area contributed by atoms with Gasteiger partial charge in [-0.25, -0.2) is 0 Å². The Labute approximate surface area is 96.4 Å². The van der Waals surface area contributed by atoms with Gasteiger partial charge in [-0.1, -0.05) is 11.6 Å². The first-order valence-electron chi connectivity index (χ1n) is 4.72. The van der Waals surface area contributed by atoms with Crippen LogP contribution in [0.5, 0.6) is 0 Å². The standard InChI is InChI=1S/C9H10ClN5O/c10-6-3-8(12-4-6)9(16)11-2-1-7-5-13-15-14-7/h3-5,12H,1-2H2,(H,11,16)(H,13,14,15). The van der Waals surface area contributed by atoms with Gasteiger partial charge in [0.15, 0.2) is 0 Å². The summed E-state index contributed by atoms with van der Waals surface area (Å²) in [5.41, 5.74) is 1.26. The van der Waals surface area contributed by atoms with E-state index in [1.807, 2.05) is 0 Å². The lowest BCUT2D eigenvalue weighted by atomic mass is 10.3. The fourth-order valence-electron chi connectivity index (χ4n) is 1.24. The number of carbonyl (C=O) groups is 1. The van der Waals surface area contributed by atoms with Gasteiger partial charge in [-0.3, -0.25) is 4.79 Å². The zero-order valence-electron chi connectivity index (χ0n) is 8.33. The van der Waals surface area contributed by atoms with Gasteiger partial charge in [0, 0.05) is 19.2 Å². The molecule has 2 heterocycles. The Bertz CT molecular complexity index is 464. The number of amides is 1. The van der Waals surface area contributed by atoms with Crippen LogP contribution >= 0.6 is 11.6 Å². The number of aromatic nitrogens is 4. The molecule has 6 nitrogen and oxygen atoms in total. The zero-order chi connectivity index (χ0) is 11.4. The third-order valence-electron chi connectivity index (χ3n) is 2.02. The second-order valence-electron chi connectivity index (χ2n) is 3.20. The third-order valence-corrected chi connectivity index (χ3v) is 2.24. The molecule has 7 heteroatoms. The summed E-state index contributed by atoms with van der Waals surface area (Å²) >= 11 is 5.69. The number of halogens is 1. The Morgan fingerprint density at radius 1 is 1.56 bits per heavy atom. The van der Waals surface area contributed by atoms with Crippen molar-refractivity contribution in [1.29, 1.82) is 0 Å². The van der Waals surface area contributed by atoms with E-state index in [4.69, 9.17) is 11.6 Å². The van der Waals surface area contributed by atoms with Crippen molar-refractivity contribution < 1.29 is 4.79 Å². The minimum Gasteiger partial charge on any atom is -0.356 e. The molecule has 0 aromatic carbocycles. The molecular weight excluding hydrogens is 230 g/mol. The molecule has 0 aliphatic carbocycles. The number of rotatable bonds is 4. The molecule has 0 saturated heterocycles. The number of nitrogens with one attached hydrogen (secondary N) is 3.